The number of cyclic esters (lactones) is 1. The minimum Gasteiger partial charge on any atom is -0.430 e. The molecule has 1 atom stereocenters. The minimum atomic E-state index is -1.35. The third-order valence-corrected chi connectivity index (χ3v) is 5.11. The van der Waals surface area contributed by atoms with Gasteiger partial charge < -0.3 is 10.5 Å². The lowest BCUT2D eigenvalue weighted by atomic mass is 9.77. The molecule has 4 rings (SSSR count). The maximum Gasteiger partial charge on any atom is 0.412 e. The minimum absolute atomic E-state index is 0.243. The molecule has 1 aliphatic rings. The van der Waals surface area contributed by atoms with E-state index in [1.165, 1.54) is 11.0 Å². The number of nitrogens with zero attached hydrogens (tertiary/aromatic N) is 1. The van der Waals surface area contributed by atoms with Crippen LogP contribution >= 0.6 is 0 Å². The van der Waals surface area contributed by atoms with Crippen molar-refractivity contribution in [1.82, 2.24) is 4.90 Å². The second-order valence-electron chi connectivity index (χ2n) is 6.85. The molecule has 2 N–H and O–H groups in total. The molecule has 0 radical (unpaired) electrons. The molecule has 1 saturated heterocycles. The van der Waals surface area contributed by atoms with Crippen LogP contribution in [0.3, 0.4) is 0 Å². The highest BCUT2D eigenvalue weighted by atomic mass is 19.1. The van der Waals surface area contributed by atoms with Gasteiger partial charge in [0, 0.05) is 16.7 Å². The van der Waals surface area contributed by atoms with Gasteiger partial charge in [0.25, 0.3) is 0 Å². The summed E-state index contributed by atoms with van der Waals surface area (Å²) in [7, 11) is 0. The third kappa shape index (κ3) is 3.12. The fourth-order valence-electron chi connectivity index (χ4n) is 3.96. The molecule has 1 heterocycles. The molecule has 29 heavy (non-hydrogen) atoms. The smallest absolute Gasteiger partial charge is 0.412 e. The Bertz CT molecular complexity index is 1000. The number of hydrogen-bond acceptors (Lipinski definition) is 3. The number of ether oxygens (including phenoxy) is 1. The standard InChI is InChI=1S/C23H19FN2O3/c24-19-14-8-7-13-18(19)21-23(16-9-3-1-4-10-16,17-11-5-2-6-12-17)29-22(28)26(21)15-20(25)27/h1-14,21H,15H2,(H2,25,27). The highest BCUT2D eigenvalue weighted by Gasteiger charge is 2.57. The lowest BCUT2D eigenvalue weighted by molar-refractivity contribution is -0.118. The molecule has 6 heteroatoms. The fraction of sp³-hybridized carbons (Fsp3) is 0.130. The number of nitrogens with two attached hydrogens (primary N) is 1. The van der Waals surface area contributed by atoms with Gasteiger partial charge in [-0.05, 0) is 6.07 Å². The molecule has 3 aromatic rings. The van der Waals surface area contributed by atoms with Gasteiger partial charge in [0.2, 0.25) is 5.91 Å². The van der Waals surface area contributed by atoms with Crippen molar-refractivity contribution in [3.63, 3.8) is 0 Å². The molecule has 0 bridgehead atoms. The van der Waals surface area contributed by atoms with Gasteiger partial charge in [-0.25, -0.2) is 9.18 Å². The first-order valence-electron chi connectivity index (χ1n) is 9.17. The normalized spacial score (nSPS) is 17.8. The highest BCUT2D eigenvalue weighted by molar-refractivity contribution is 5.83. The van der Waals surface area contributed by atoms with Crippen LogP contribution in [-0.4, -0.2) is 23.4 Å². The van der Waals surface area contributed by atoms with E-state index in [0.29, 0.717) is 11.1 Å². The molecule has 0 saturated carbocycles. The van der Waals surface area contributed by atoms with Crippen LogP contribution in [0.4, 0.5) is 9.18 Å². The largest absolute Gasteiger partial charge is 0.430 e. The third-order valence-electron chi connectivity index (χ3n) is 5.11. The van der Waals surface area contributed by atoms with Crippen molar-refractivity contribution in [3.8, 4) is 0 Å². The number of hydrogen-bond donors (Lipinski definition) is 1. The van der Waals surface area contributed by atoms with Gasteiger partial charge in [0.1, 0.15) is 18.4 Å². The topological polar surface area (TPSA) is 72.6 Å². The molecular formula is C23H19FN2O3. The molecule has 0 spiro atoms. The van der Waals surface area contributed by atoms with E-state index in [1.54, 1.807) is 18.2 Å². The fourth-order valence-corrected chi connectivity index (χ4v) is 3.96. The zero-order valence-corrected chi connectivity index (χ0v) is 15.5. The number of rotatable bonds is 5. The second-order valence-corrected chi connectivity index (χ2v) is 6.85. The van der Waals surface area contributed by atoms with Gasteiger partial charge >= 0.3 is 6.09 Å². The highest BCUT2D eigenvalue weighted by Crippen LogP contribution is 2.52. The number of benzene rings is 3. The molecule has 3 aromatic carbocycles. The van der Waals surface area contributed by atoms with E-state index in [9.17, 15) is 14.0 Å². The van der Waals surface area contributed by atoms with Crippen LogP contribution in [-0.2, 0) is 15.1 Å². The van der Waals surface area contributed by atoms with Crippen LogP contribution in [0.5, 0.6) is 0 Å². The van der Waals surface area contributed by atoms with Gasteiger partial charge in [-0.1, -0.05) is 78.9 Å². The molecule has 1 unspecified atom stereocenters. The van der Waals surface area contributed by atoms with Crippen LogP contribution in [0.2, 0.25) is 0 Å². The predicted molar refractivity (Wildman–Crippen MR) is 105 cm³/mol. The lowest BCUT2D eigenvalue weighted by Gasteiger charge is -2.36. The number of primary amides is 1. The van der Waals surface area contributed by atoms with E-state index in [0.717, 1.165) is 0 Å². The van der Waals surface area contributed by atoms with Gasteiger partial charge in [-0.2, -0.15) is 0 Å². The van der Waals surface area contributed by atoms with Crippen molar-refractivity contribution in [3.05, 3.63) is 107 Å². The number of halogens is 1. The van der Waals surface area contributed by atoms with Crippen molar-refractivity contribution >= 4 is 12.0 Å². The quantitative estimate of drug-likeness (QED) is 0.721. The molecule has 2 amide bonds. The molecule has 1 fully saturated rings. The van der Waals surface area contributed by atoms with Gasteiger partial charge in [-0.3, -0.25) is 9.69 Å². The molecule has 5 nitrogen and oxygen atoms in total. The first-order chi connectivity index (χ1) is 14.0. The van der Waals surface area contributed by atoms with Crippen LogP contribution in [0, 0.1) is 5.82 Å². The van der Waals surface area contributed by atoms with Crippen molar-refractivity contribution in [2.24, 2.45) is 5.73 Å². The zero-order valence-electron chi connectivity index (χ0n) is 15.5. The van der Waals surface area contributed by atoms with E-state index in [1.807, 2.05) is 60.7 Å². The van der Waals surface area contributed by atoms with Crippen molar-refractivity contribution in [2.45, 2.75) is 11.6 Å². The summed E-state index contributed by atoms with van der Waals surface area (Å²) in [6, 6.07) is 23.5. The Kier molecular flexibility index (Phi) is 4.76. The van der Waals surface area contributed by atoms with E-state index >= 15 is 0 Å². The summed E-state index contributed by atoms with van der Waals surface area (Å²) in [6.45, 7) is -0.390. The van der Waals surface area contributed by atoms with Crippen molar-refractivity contribution in [2.75, 3.05) is 6.54 Å². The van der Waals surface area contributed by atoms with E-state index < -0.39 is 29.5 Å². The molecule has 0 aromatic heterocycles. The van der Waals surface area contributed by atoms with Crippen LogP contribution in [0.25, 0.3) is 0 Å². The van der Waals surface area contributed by atoms with E-state index in [-0.39, 0.29) is 12.1 Å². The second kappa shape index (κ2) is 7.39. The summed E-state index contributed by atoms with van der Waals surface area (Å²) in [5.41, 5.74) is 5.62. The summed E-state index contributed by atoms with van der Waals surface area (Å²) < 4.78 is 20.9. The molecule has 146 valence electrons. The predicted octanol–water partition coefficient (Wildman–Crippen LogP) is 3.75. The number of carbonyl (C=O) groups excluding carboxylic acids is 2. The Balaban J connectivity index is 2.03. The average Bonchev–Trinajstić information content (AvgIpc) is 3.02. The summed E-state index contributed by atoms with van der Waals surface area (Å²) >= 11 is 0. The van der Waals surface area contributed by atoms with Crippen LogP contribution < -0.4 is 5.73 Å². The van der Waals surface area contributed by atoms with Crippen molar-refractivity contribution < 1.29 is 18.7 Å². The molecule has 1 aliphatic heterocycles. The Hall–Kier alpha value is -3.67. The summed E-state index contributed by atoms with van der Waals surface area (Å²) in [4.78, 5) is 25.9. The average molecular weight is 390 g/mol. The van der Waals surface area contributed by atoms with Gasteiger partial charge in [-0.15, -0.1) is 0 Å². The zero-order chi connectivity index (χ0) is 20.4. The van der Waals surface area contributed by atoms with Crippen LogP contribution in [0.15, 0.2) is 84.9 Å². The monoisotopic (exact) mass is 390 g/mol. The maximum atomic E-state index is 14.9. The Morgan fingerprint density at radius 3 is 1.97 bits per heavy atom. The van der Waals surface area contributed by atoms with E-state index in [2.05, 4.69) is 0 Å². The van der Waals surface area contributed by atoms with Crippen molar-refractivity contribution in [1.29, 1.82) is 0 Å². The van der Waals surface area contributed by atoms with E-state index in [4.69, 9.17) is 10.5 Å². The molecule has 0 aliphatic carbocycles. The Morgan fingerprint density at radius 1 is 0.931 bits per heavy atom. The lowest BCUT2D eigenvalue weighted by Crippen LogP contribution is -2.41. The first kappa shape index (κ1) is 18.7. The van der Waals surface area contributed by atoms with Gasteiger partial charge in [0.15, 0.2) is 5.60 Å². The number of amides is 2. The first-order valence-corrected chi connectivity index (χ1v) is 9.17. The Morgan fingerprint density at radius 2 is 1.45 bits per heavy atom. The summed E-state index contributed by atoms with van der Waals surface area (Å²) in [5, 5.41) is 0. The maximum absolute atomic E-state index is 14.9. The summed E-state index contributed by atoms with van der Waals surface area (Å²) in [6.07, 6.45) is -0.732. The SMILES string of the molecule is NC(=O)CN1C(=O)OC(c2ccccc2)(c2ccccc2)C1c1ccccc1F. The summed E-state index contributed by atoms with van der Waals surface area (Å²) in [5.74, 6) is -1.21. The number of carbonyl (C=O) groups is 2. The molecular weight excluding hydrogens is 371 g/mol. The Labute approximate surface area is 167 Å². The van der Waals surface area contributed by atoms with Gasteiger partial charge in [0.05, 0.1) is 0 Å². The van der Waals surface area contributed by atoms with Crippen LogP contribution in [0.1, 0.15) is 22.7 Å².